The third-order valence-corrected chi connectivity index (χ3v) is 7.97. The Morgan fingerprint density at radius 2 is 0.775 bits per heavy atom. The maximum Gasteiger partial charge on any atom is 0.104 e. The molecule has 190 valence electrons. The summed E-state index contributed by atoms with van der Waals surface area (Å²) in [6.45, 7) is 8.39. The lowest BCUT2D eigenvalue weighted by atomic mass is 10.1. The van der Waals surface area contributed by atoms with E-state index in [-0.39, 0.29) is 0 Å². The Balaban J connectivity index is 1.66. The van der Waals surface area contributed by atoms with E-state index in [9.17, 15) is 10.5 Å². The van der Waals surface area contributed by atoms with Gasteiger partial charge in [-0.05, 0) is 88.4 Å². The van der Waals surface area contributed by atoms with Crippen molar-refractivity contribution in [1.29, 1.82) is 10.5 Å². The van der Waals surface area contributed by atoms with Crippen LogP contribution in [-0.2, 0) is 0 Å². The zero-order valence-electron chi connectivity index (χ0n) is 22.9. The van der Waals surface area contributed by atoms with Crippen LogP contribution in [0.4, 0.5) is 0 Å². The summed E-state index contributed by atoms with van der Waals surface area (Å²) in [5.41, 5.74) is 11.2. The first-order chi connectivity index (χ1) is 19.4. The topological polar surface area (TPSA) is 57.4 Å². The van der Waals surface area contributed by atoms with Gasteiger partial charge in [0.1, 0.15) is 11.6 Å². The van der Waals surface area contributed by atoms with Crippen LogP contribution >= 0.6 is 0 Å². The number of aromatic nitrogens is 2. The van der Waals surface area contributed by atoms with Gasteiger partial charge in [0, 0.05) is 21.5 Å². The van der Waals surface area contributed by atoms with E-state index in [0.717, 1.165) is 43.6 Å². The quantitative estimate of drug-likeness (QED) is 0.231. The molecule has 0 amide bonds. The van der Waals surface area contributed by atoms with Gasteiger partial charge in [-0.1, -0.05) is 46.5 Å². The van der Waals surface area contributed by atoms with Crippen LogP contribution in [0.25, 0.3) is 55.0 Å². The molecule has 0 aliphatic carbocycles. The Labute approximate surface area is 232 Å². The highest BCUT2D eigenvalue weighted by molar-refractivity contribution is 6.11. The number of fused-ring (bicyclic) bond motifs is 6. The number of rotatable bonds is 2. The van der Waals surface area contributed by atoms with Crippen LogP contribution in [0.1, 0.15) is 33.4 Å². The molecule has 7 aromatic rings. The van der Waals surface area contributed by atoms with Crippen molar-refractivity contribution < 1.29 is 0 Å². The molecule has 40 heavy (non-hydrogen) atoms. The number of nitriles is 2. The van der Waals surface area contributed by atoms with E-state index in [0.29, 0.717) is 22.5 Å². The lowest BCUT2D eigenvalue weighted by Gasteiger charge is -2.16. The van der Waals surface area contributed by atoms with Crippen LogP contribution < -0.4 is 0 Å². The molecule has 2 heterocycles. The highest BCUT2D eigenvalue weighted by atomic mass is 15.0. The van der Waals surface area contributed by atoms with Gasteiger partial charge < -0.3 is 9.13 Å². The summed E-state index contributed by atoms with van der Waals surface area (Å²) in [4.78, 5) is 0. The Kier molecular flexibility index (Phi) is 5.11. The molecule has 5 aromatic carbocycles. The van der Waals surface area contributed by atoms with Gasteiger partial charge in [-0.3, -0.25) is 0 Å². The van der Waals surface area contributed by atoms with Crippen molar-refractivity contribution in [1.82, 2.24) is 9.13 Å². The minimum absolute atomic E-state index is 0.507. The summed E-state index contributed by atoms with van der Waals surface area (Å²) >= 11 is 0. The molecule has 0 unspecified atom stereocenters. The summed E-state index contributed by atoms with van der Waals surface area (Å²) in [5, 5.41) is 25.5. The second-order valence-corrected chi connectivity index (χ2v) is 10.9. The van der Waals surface area contributed by atoms with Crippen molar-refractivity contribution in [3.8, 4) is 23.5 Å². The molecule has 0 bridgehead atoms. The van der Waals surface area contributed by atoms with Crippen molar-refractivity contribution in [3.05, 3.63) is 118 Å². The fraction of sp³-hybridized carbons (Fsp3) is 0.111. The lowest BCUT2D eigenvalue weighted by molar-refractivity contribution is 1.11. The van der Waals surface area contributed by atoms with Crippen LogP contribution in [-0.4, -0.2) is 9.13 Å². The third kappa shape index (κ3) is 3.37. The highest BCUT2D eigenvalue weighted by Crippen LogP contribution is 2.39. The molecular formula is C36H26N4. The molecule has 7 rings (SSSR count). The maximum atomic E-state index is 10.8. The molecule has 0 spiro atoms. The summed E-state index contributed by atoms with van der Waals surface area (Å²) < 4.78 is 4.29. The van der Waals surface area contributed by atoms with Crippen LogP contribution in [0.3, 0.4) is 0 Å². The number of hydrogen-bond acceptors (Lipinski definition) is 2. The Morgan fingerprint density at radius 3 is 1.05 bits per heavy atom. The van der Waals surface area contributed by atoms with Crippen LogP contribution in [0.15, 0.2) is 84.9 Å². The van der Waals surface area contributed by atoms with E-state index < -0.39 is 0 Å². The summed E-state index contributed by atoms with van der Waals surface area (Å²) in [7, 11) is 0. The first-order valence-electron chi connectivity index (χ1n) is 13.4. The molecule has 4 heteroatoms. The molecule has 0 saturated heterocycles. The standard InChI is InChI=1S/C36H26N4/c1-21-5-9-31-26(13-21)27-14-22(2)6-10-32(27)39(31)35-17-25(19-37)18-36(30(35)20-38)40-33-11-7-23(3)15-28(33)29-16-24(4)8-12-34(29)40/h5-18H,1-4H3. The lowest BCUT2D eigenvalue weighted by Crippen LogP contribution is -2.05. The predicted octanol–water partition coefficient (Wildman–Crippen LogP) is 8.86. The maximum absolute atomic E-state index is 10.8. The van der Waals surface area contributed by atoms with E-state index in [4.69, 9.17) is 0 Å². The third-order valence-electron chi connectivity index (χ3n) is 7.97. The SMILES string of the molecule is Cc1ccc2c(c1)c1cc(C)ccc1n2-c1cc(C#N)cc(-n2c3ccc(C)cc3c3cc(C)ccc32)c1C#N. The van der Waals surface area contributed by atoms with Gasteiger partial charge in [0.25, 0.3) is 0 Å². The smallest absolute Gasteiger partial charge is 0.104 e. The van der Waals surface area contributed by atoms with Gasteiger partial charge in [0.15, 0.2) is 0 Å². The molecule has 0 fully saturated rings. The number of benzene rings is 5. The molecule has 0 N–H and O–H groups in total. The van der Waals surface area contributed by atoms with Crippen molar-refractivity contribution in [2.75, 3.05) is 0 Å². The monoisotopic (exact) mass is 514 g/mol. The number of hydrogen-bond donors (Lipinski definition) is 0. The Morgan fingerprint density at radius 1 is 0.450 bits per heavy atom. The Bertz CT molecular complexity index is 2010. The van der Waals surface area contributed by atoms with Crippen molar-refractivity contribution in [3.63, 3.8) is 0 Å². The molecule has 4 nitrogen and oxygen atoms in total. The van der Waals surface area contributed by atoms with Gasteiger partial charge in [-0.15, -0.1) is 0 Å². The Hall–Kier alpha value is -5.32. The van der Waals surface area contributed by atoms with Gasteiger partial charge in [0.05, 0.1) is 45.1 Å². The van der Waals surface area contributed by atoms with Gasteiger partial charge in [-0.25, -0.2) is 0 Å². The van der Waals surface area contributed by atoms with Crippen LogP contribution in [0.5, 0.6) is 0 Å². The molecule has 0 atom stereocenters. The van der Waals surface area contributed by atoms with E-state index in [2.05, 4.69) is 122 Å². The van der Waals surface area contributed by atoms with E-state index in [1.165, 1.54) is 22.3 Å². The summed E-state index contributed by atoms with van der Waals surface area (Å²) in [6, 6.07) is 34.3. The normalized spacial score (nSPS) is 11.4. The minimum Gasteiger partial charge on any atom is -0.308 e. The number of aryl methyl sites for hydroxylation is 4. The number of nitrogens with zero attached hydrogens (tertiary/aromatic N) is 4. The second kappa shape index (κ2) is 8.60. The highest BCUT2D eigenvalue weighted by Gasteiger charge is 2.22. The van der Waals surface area contributed by atoms with E-state index in [1.807, 2.05) is 12.1 Å². The first-order valence-corrected chi connectivity index (χ1v) is 13.4. The van der Waals surface area contributed by atoms with Gasteiger partial charge >= 0.3 is 0 Å². The van der Waals surface area contributed by atoms with Crippen molar-refractivity contribution in [2.45, 2.75) is 27.7 Å². The molecule has 0 saturated carbocycles. The average Bonchev–Trinajstić information content (AvgIpc) is 3.43. The molecule has 0 radical (unpaired) electrons. The molecule has 2 aromatic heterocycles. The van der Waals surface area contributed by atoms with Crippen molar-refractivity contribution in [2.24, 2.45) is 0 Å². The van der Waals surface area contributed by atoms with E-state index >= 15 is 0 Å². The largest absolute Gasteiger partial charge is 0.308 e. The summed E-state index contributed by atoms with van der Waals surface area (Å²) in [6.07, 6.45) is 0. The van der Waals surface area contributed by atoms with Crippen LogP contribution in [0.2, 0.25) is 0 Å². The molecule has 0 aliphatic heterocycles. The molecular weight excluding hydrogens is 488 g/mol. The zero-order valence-corrected chi connectivity index (χ0v) is 22.9. The fourth-order valence-corrected chi connectivity index (χ4v) is 6.16. The predicted molar refractivity (Wildman–Crippen MR) is 163 cm³/mol. The fourth-order valence-electron chi connectivity index (χ4n) is 6.16. The van der Waals surface area contributed by atoms with Gasteiger partial charge in [0.2, 0.25) is 0 Å². The van der Waals surface area contributed by atoms with Crippen LogP contribution in [0, 0.1) is 50.4 Å². The average molecular weight is 515 g/mol. The summed E-state index contributed by atoms with van der Waals surface area (Å²) in [5.74, 6) is 0. The molecule has 0 aliphatic rings. The minimum atomic E-state index is 0.507. The van der Waals surface area contributed by atoms with Gasteiger partial charge in [-0.2, -0.15) is 10.5 Å². The van der Waals surface area contributed by atoms with Crippen molar-refractivity contribution >= 4 is 43.6 Å². The first kappa shape index (κ1) is 23.8. The van der Waals surface area contributed by atoms with E-state index in [1.54, 1.807) is 0 Å². The second-order valence-electron chi connectivity index (χ2n) is 10.9. The zero-order chi connectivity index (χ0) is 27.7.